The first kappa shape index (κ1) is 8.23. The highest BCUT2D eigenvalue weighted by Crippen LogP contribution is 2.28. The largest absolute Gasteiger partial charge is 0.861 e. The van der Waals surface area contributed by atoms with Gasteiger partial charge < -0.3 is 9.52 Å². The minimum Gasteiger partial charge on any atom is -0.861 e. The summed E-state index contributed by atoms with van der Waals surface area (Å²) in [6.45, 7) is 0. The summed E-state index contributed by atoms with van der Waals surface area (Å²) >= 11 is 0. The zero-order valence-corrected chi connectivity index (χ0v) is 7.69. The Hall–Kier alpha value is -2.10. The molecule has 0 radical (unpaired) electrons. The molecule has 0 aliphatic carbocycles. The van der Waals surface area contributed by atoms with E-state index in [1.54, 1.807) is 12.1 Å². The van der Waals surface area contributed by atoms with Crippen LogP contribution in [-0.2, 0) is 6.42 Å². The molecule has 0 bridgehead atoms. The molecule has 0 unspecified atom stereocenters. The Bertz CT molecular complexity index is 595. The molecule has 0 atom stereocenters. The number of fused-ring (bicyclic) bond motifs is 3. The van der Waals surface area contributed by atoms with Gasteiger partial charge >= 0.3 is 0 Å². The van der Waals surface area contributed by atoms with Crippen LogP contribution < -0.4 is 5.11 Å². The lowest BCUT2D eigenvalue weighted by Crippen LogP contribution is -2.26. The van der Waals surface area contributed by atoms with E-state index in [4.69, 9.17) is 4.42 Å². The van der Waals surface area contributed by atoms with E-state index in [-0.39, 0.29) is 6.42 Å². The average Bonchev–Trinajstić information content (AvgIpc) is 2.54. The number of rotatable bonds is 0. The number of carbonyl (C=O) groups is 1. The second-order valence-corrected chi connectivity index (χ2v) is 3.38. The number of carbonyl (C=O) groups excluding carboxylic acids is 1. The summed E-state index contributed by atoms with van der Waals surface area (Å²) in [7, 11) is 0. The molecule has 1 aromatic heterocycles. The topological polar surface area (TPSA) is 65.6 Å². The first-order chi connectivity index (χ1) is 7.25. The van der Waals surface area contributed by atoms with Gasteiger partial charge in [-0.05, 0) is 12.0 Å². The predicted octanol–water partition coefficient (Wildman–Crippen LogP) is 0.888. The minimum absolute atomic E-state index is 0.0791. The number of benzene rings is 1. The molecule has 74 valence electrons. The van der Waals surface area contributed by atoms with Crippen molar-refractivity contribution < 1.29 is 14.3 Å². The van der Waals surface area contributed by atoms with Crippen molar-refractivity contribution in [1.82, 2.24) is 0 Å². The van der Waals surface area contributed by atoms with E-state index < -0.39 is 11.8 Å². The molecule has 2 aromatic rings. The van der Waals surface area contributed by atoms with Crippen LogP contribution in [0.2, 0.25) is 0 Å². The van der Waals surface area contributed by atoms with E-state index in [0.717, 1.165) is 5.39 Å². The zero-order valence-electron chi connectivity index (χ0n) is 7.69. The highest BCUT2D eigenvalue weighted by atomic mass is 16.3. The number of aliphatic imine (C=N–C) groups is 1. The zero-order chi connectivity index (χ0) is 10.4. The summed E-state index contributed by atoms with van der Waals surface area (Å²) < 4.78 is 5.43. The number of hydrogen-bond donors (Lipinski definition) is 0. The molecule has 0 fully saturated rings. The molecule has 0 spiro atoms. The summed E-state index contributed by atoms with van der Waals surface area (Å²) in [5.41, 5.74) is 1.06. The molecular formula is C11H6NO3-. The van der Waals surface area contributed by atoms with Gasteiger partial charge in [0.1, 0.15) is 11.3 Å². The number of amides is 1. The van der Waals surface area contributed by atoms with Gasteiger partial charge in [0, 0.05) is 11.8 Å². The Labute approximate surface area is 84.8 Å². The molecule has 3 rings (SSSR count). The molecule has 1 aromatic carbocycles. The normalized spacial score (nSPS) is 15.2. The van der Waals surface area contributed by atoms with E-state index >= 15 is 0 Å². The maximum Gasteiger partial charge on any atom is 0.280 e. The molecular weight excluding hydrogens is 194 g/mol. The maximum absolute atomic E-state index is 11.5. The summed E-state index contributed by atoms with van der Waals surface area (Å²) in [5, 5.41) is 11.8. The molecule has 4 heteroatoms. The number of para-hydroxylation sites is 1. The molecule has 0 saturated heterocycles. The van der Waals surface area contributed by atoms with Gasteiger partial charge in [0.25, 0.3) is 5.91 Å². The molecule has 1 aliphatic rings. The molecule has 1 amide bonds. The van der Waals surface area contributed by atoms with Gasteiger partial charge in [-0.25, -0.2) is 4.99 Å². The Morgan fingerprint density at radius 2 is 2.13 bits per heavy atom. The molecule has 4 nitrogen and oxygen atoms in total. The van der Waals surface area contributed by atoms with Gasteiger partial charge in [-0.3, -0.25) is 4.79 Å². The number of furan rings is 1. The van der Waals surface area contributed by atoms with Gasteiger partial charge in [-0.1, -0.05) is 18.2 Å². The highest BCUT2D eigenvalue weighted by Gasteiger charge is 2.22. The van der Waals surface area contributed by atoms with Crippen molar-refractivity contribution in [2.75, 3.05) is 0 Å². The molecule has 1 aliphatic heterocycles. The first-order valence-corrected chi connectivity index (χ1v) is 4.55. The van der Waals surface area contributed by atoms with E-state index in [1.807, 2.05) is 12.1 Å². The first-order valence-electron chi connectivity index (χ1n) is 4.55. The van der Waals surface area contributed by atoms with Gasteiger partial charge in [-0.15, -0.1) is 0 Å². The van der Waals surface area contributed by atoms with Crippen molar-refractivity contribution >= 4 is 22.8 Å². The quantitative estimate of drug-likeness (QED) is 0.634. The smallest absolute Gasteiger partial charge is 0.280 e. The van der Waals surface area contributed by atoms with E-state index in [1.165, 1.54) is 0 Å². The number of hydrogen-bond acceptors (Lipinski definition) is 3. The fourth-order valence-electron chi connectivity index (χ4n) is 1.80. The van der Waals surface area contributed by atoms with Gasteiger partial charge in [0.15, 0.2) is 0 Å². The second kappa shape index (κ2) is 2.70. The lowest BCUT2D eigenvalue weighted by atomic mass is 10.1. The van der Waals surface area contributed by atoms with Crippen molar-refractivity contribution in [3.63, 3.8) is 0 Å². The Balaban J connectivity index is 2.36. The van der Waals surface area contributed by atoms with Crippen molar-refractivity contribution in [3.05, 3.63) is 35.6 Å². The SMILES string of the molecule is O=C1N=C([O-])Cc2oc3ccccc3c21. The van der Waals surface area contributed by atoms with Crippen molar-refractivity contribution in [3.8, 4) is 0 Å². The minimum atomic E-state index is -0.494. The Morgan fingerprint density at radius 1 is 1.33 bits per heavy atom. The fourth-order valence-corrected chi connectivity index (χ4v) is 1.80. The summed E-state index contributed by atoms with van der Waals surface area (Å²) in [6, 6.07) is 7.20. The van der Waals surface area contributed by atoms with Crippen LogP contribution in [0.15, 0.2) is 33.7 Å². The lowest BCUT2D eigenvalue weighted by Gasteiger charge is -2.13. The van der Waals surface area contributed by atoms with Gasteiger partial charge in [0.2, 0.25) is 0 Å². The lowest BCUT2D eigenvalue weighted by molar-refractivity contribution is -0.218. The van der Waals surface area contributed by atoms with Crippen molar-refractivity contribution in [2.24, 2.45) is 4.99 Å². The fraction of sp³-hybridized carbons (Fsp3) is 0.0909. The van der Waals surface area contributed by atoms with Crippen LogP contribution in [0.1, 0.15) is 16.1 Å². The monoisotopic (exact) mass is 200 g/mol. The standard InChI is InChI=1S/C11H7NO3/c13-9-5-8-10(11(14)12-9)6-3-1-2-4-7(6)15-8/h1-4H,5H2,(H,12,13,14)/p-1. The van der Waals surface area contributed by atoms with Gasteiger partial charge in [0.05, 0.1) is 5.56 Å². The highest BCUT2D eigenvalue weighted by molar-refractivity contribution is 6.13. The molecule has 0 N–H and O–H groups in total. The van der Waals surface area contributed by atoms with Crippen LogP contribution >= 0.6 is 0 Å². The molecule has 15 heavy (non-hydrogen) atoms. The van der Waals surface area contributed by atoms with Crippen molar-refractivity contribution in [1.29, 1.82) is 0 Å². The Kier molecular flexibility index (Phi) is 1.48. The van der Waals surface area contributed by atoms with Crippen LogP contribution in [0.3, 0.4) is 0 Å². The molecule has 2 heterocycles. The predicted molar refractivity (Wildman–Crippen MR) is 51.7 cm³/mol. The van der Waals surface area contributed by atoms with Crippen molar-refractivity contribution in [2.45, 2.75) is 6.42 Å². The summed E-state index contributed by atoms with van der Waals surface area (Å²) in [4.78, 5) is 14.9. The maximum atomic E-state index is 11.5. The summed E-state index contributed by atoms with van der Waals surface area (Å²) in [5.74, 6) is -0.501. The van der Waals surface area contributed by atoms with Crippen LogP contribution in [0.25, 0.3) is 11.0 Å². The van der Waals surface area contributed by atoms with Crippen LogP contribution in [0.4, 0.5) is 0 Å². The average molecular weight is 200 g/mol. The second-order valence-electron chi connectivity index (χ2n) is 3.38. The third-order valence-corrected chi connectivity index (χ3v) is 2.42. The third-order valence-electron chi connectivity index (χ3n) is 2.42. The number of nitrogens with zero attached hydrogens (tertiary/aromatic N) is 1. The van der Waals surface area contributed by atoms with Gasteiger partial charge in [-0.2, -0.15) is 0 Å². The van der Waals surface area contributed by atoms with Crippen LogP contribution in [0.5, 0.6) is 0 Å². The van der Waals surface area contributed by atoms with Crippen LogP contribution in [-0.4, -0.2) is 11.8 Å². The van der Waals surface area contributed by atoms with Crippen LogP contribution in [0, 0.1) is 0 Å². The van der Waals surface area contributed by atoms with E-state index in [9.17, 15) is 9.90 Å². The molecule has 0 saturated carbocycles. The summed E-state index contributed by atoms with van der Waals surface area (Å²) in [6.07, 6.45) is 0.0791. The Morgan fingerprint density at radius 3 is 3.00 bits per heavy atom. The van der Waals surface area contributed by atoms with E-state index in [0.29, 0.717) is 16.9 Å². The van der Waals surface area contributed by atoms with E-state index in [2.05, 4.69) is 4.99 Å². The third kappa shape index (κ3) is 1.08.